The van der Waals surface area contributed by atoms with Gasteiger partial charge in [0.1, 0.15) is 5.75 Å². The van der Waals surface area contributed by atoms with E-state index in [4.69, 9.17) is 10.2 Å². The molecule has 0 bridgehead atoms. The average Bonchev–Trinajstić information content (AvgIpc) is 2.17. The molecule has 2 N–H and O–H groups in total. The van der Waals surface area contributed by atoms with Crippen molar-refractivity contribution in [2.75, 3.05) is 0 Å². The van der Waals surface area contributed by atoms with Crippen molar-refractivity contribution < 1.29 is 19.8 Å². The lowest BCUT2D eigenvalue weighted by Crippen LogP contribution is -2.15. The molecule has 80 valence electrons. The molecule has 0 amide bonds. The van der Waals surface area contributed by atoms with Crippen molar-refractivity contribution in [2.24, 2.45) is 5.92 Å². The fourth-order valence-electron chi connectivity index (χ4n) is 1.26. The van der Waals surface area contributed by atoms with Gasteiger partial charge in [-0.05, 0) is 24.3 Å². The van der Waals surface area contributed by atoms with Crippen LogP contribution in [0.4, 0.5) is 0 Å². The second-order valence-electron chi connectivity index (χ2n) is 3.41. The summed E-state index contributed by atoms with van der Waals surface area (Å²) in [6, 6.07) is 5.77. The van der Waals surface area contributed by atoms with Gasteiger partial charge in [0, 0.05) is 11.5 Å². The molecule has 1 rings (SSSR count). The van der Waals surface area contributed by atoms with Gasteiger partial charge in [0.05, 0.1) is 6.42 Å². The van der Waals surface area contributed by atoms with Gasteiger partial charge in [0.2, 0.25) is 0 Å². The standard InChI is InChI=1S/C11H12O4/c1-7(6-10(13)14)11(15)8-2-4-9(12)5-3-8/h2-5,7,12H,6H2,1H3,(H,13,14). The van der Waals surface area contributed by atoms with Gasteiger partial charge in [-0.15, -0.1) is 0 Å². The summed E-state index contributed by atoms with van der Waals surface area (Å²) in [5, 5.41) is 17.5. The second kappa shape index (κ2) is 4.59. The predicted molar refractivity (Wildman–Crippen MR) is 53.9 cm³/mol. The van der Waals surface area contributed by atoms with Gasteiger partial charge in [-0.2, -0.15) is 0 Å². The van der Waals surface area contributed by atoms with Gasteiger partial charge in [-0.1, -0.05) is 6.92 Å². The molecular weight excluding hydrogens is 196 g/mol. The topological polar surface area (TPSA) is 74.6 Å². The first-order chi connectivity index (χ1) is 7.00. The van der Waals surface area contributed by atoms with E-state index in [0.717, 1.165) is 0 Å². The Bertz CT molecular complexity index is 367. The maximum atomic E-state index is 11.6. The molecule has 0 aliphatic carbocycles. The van der Waals surface area contributed by atoms with Gasteiger partial charge in [0.15, 0.2) is 5.78 Å². The number of aromatic hydroxyl groups is 1. The van der Waals surface area contributed by atoms with E-state index in [1.54, 1.807) is 6.92 Å². The molecule has 15 heavy (non-hydrogen) atoms. The number of benzene rings is 1. The molecule has 0 spiro atoms. The number of aliphatic carboxylic acids is 1. The number of rotatable bonds is 4. The maximum absolute atomic E-state index is 11.6. The van der Waals surface area contributed by atoms with Crippen LogP contribution in [0.3, 0.4) is 0 Å². The number of Topliss-reactive ketones (excluding diaryl/α,β-unsaturated/α-hetero) is 1. The number of carboxylic acid groups (broad SMARTS) is 1. The number of phenolic OH excluding ortho intramolecular Hbond substituents is 1. The normalized spacial score (nSPS) is 12.1. The fourth-order valence-corrected chi connectivity index (χ4v) is 1.26. The van der Waals surface area contributed by atoms with Crippen molar-refractivity contribution in [3.8, 4) is 5.75 Å². The van der Waals surface area contributed by atoms with E-state index in [1.807, 2.05) is 0 Å². The van der Waals surface area contributed by atoms with E-state index in [2.05, 4.69) is 0 Å². The Morgan fingerprint density at radius 2 is 1.80 bits per heavy atom. The summed E-state index contributed by atoms with van der Waals surface area (Å²) in [5.41, 5.74) is 0.418. The molecule has 0 aromatic heterocycles. The summed E-state index contributed by atoms with van der Waals surface area (Å²) in [5.74, 6) is -1.68. The van der Waals surface area contributed by atoms with Gasteiger partial charge in [-0.3, -0.25) is 9.59 Å². The lowest BCUT2D eigenvalue weighted by atomic mass is 9.96. The Labute approximate surface area is 87.2 Å². The van der Waals surface area contributed by atoms with Crippen LogP contribution in [0.2, 0.25) is 0 Å². The monoisotopic (exact) mass is 208 g/mol. The third-order valence-corrected chi connectivity index (χ3v) is 2.08. The molecule has 0 aliphatic rings. The van der Waals surface area contributed by atoms with Crippen LogP contribution in [0, 0.1) is 5.92 Å². The van der Waals surface area contributed by atoms with Crippen molar-refractivity contribution in [3.05, 3.63) is 29.8 Å². The van der Waals surface area contributed by atoms with E-state index in [1.165, 1.54) is 24.3 Å². The molecule has 4 heteroatoms. The van der Waals surface area contributed by atoms with Crippen molar-refractivity contribution in [3.63, 3.8) is 0 Å². The number of hydrogen-bond donors (Lipinski definition) is 2. The van der Waals surface area contributed by atoms with E-state index >= 15 is 0 Å². The number of hydrogen-bond acceptors (Lipinski definition) is 3. The first-order valence-electron chi connectivity index (χ1n) is 4.55. The second-order valence-corrected chi connectivity index (χ2v) is 3.41. The minimum atomic E-state index is -0.991. The van der Waals surface area contributed by atoms with Gasteiger partial charge in [0.25, 0.3) is 0 Å². The SMILES string of the molecule is CC(CC(=O)O)C(=O)c1ccc(O)cc1. The summed E-state index contributed by atoms with van der Waals surface area (Å²) in [6.45, 7) is 1.57. The summed E-state index contributed by atoms with van der Waals surface area (Å²) in [7, 11) is 0. The van der Waals surface area contributed by atoms with Gasteiger partial charge in [-0.25, -0.2) is 0 Å². The molecule has 4 nitrogen and oxygen atoms in total. The molecule has 0 fully saturated rings. The highest BCUT2D eigenvalue weighted by Crippen LogP contribution is 2.15. The molecule has 0 heterocycles. The number of phenols is 1. The zero-order valence-electron chi connectivity index (χ0n) is 8.30. The average molecular weight is 208 g/mol. The Hall–Kier alpha value is -1.84. The molecule has 1 atom stereocenters. The molecule has 1 unspecified atom stereocenters. The van der Waals surface area contributed by atoms with Crippen LogP contribution in [-0.2, 0) is 4.79 Å². The van der Waals surface area contributed by atoms with E-state index in [0.29, 0.717) is 5.56 Å². The number of carbonyl (C=O) groups is 2. The lowest BCUT2D eigenvalue weighted by molar-refractivity contribution is -0.137. The molecular formula is C11H12O4. The number of carboxylic acids is 1. The molecule has 0 saturated heterocycles. The van der Waals surface area contributed by atoms with E-state index in [-0.39, 0.29) is 18.0 Å². The smallest absolute Gasteiger partial charge is 0.304 e. The van der Waals surface area contributed by atoms with Crippen LogP contribution in [0.1, 0.15) is 23.7 Å². The highest BCUT2D eigenvalue weighted by Gasteiger charge is 2.17. The van der Waals surface area contributed by atoms with Crippen LogP contribution in [-0.4, -0.2) is 22.0 Å². The summed E-state index contributed by atoms with van der Waals surface area (Å²) >= 11 is 0. The van der Waals surface area contributed by atoms with Crippen molar-refractivity contribution >= 4 is 11.8 Å². The highest BCUT2D eigenvalue weighted by molar-refractivity contribution is 5.99. The van der Waals surface area contributed by atoms with E-state index < -0.39 is 11.9 Å². The third kappa shape index (κ3) is 3.09. The Morgan fingerprint density at radius 3 is 2.27 bits per heavy atom. The van der Waals surface area contributed by atoms with E-state index in [9.17, 15) is 9.59 Å². The molecule has 0 aliphatic heterocycles. The lowest BCUT2D eigenvalue weighted by Gasteiger charge is -2.07. The van der Waals surface area contributed by atoms with Gasteiger partial charge < -0.3 is 10.2 Å². The minimum Gasteiger partial charge on any atom is -0.508 e. The van der Waals surface area contributed by atoms with Crippen LogP contribution in [0.25, 0.3) is 0 Å². The summed E-state index contributed by atoms with van der Waals surface area (Å²) in [6.07, 6.45) is -0.181. The van der Waals surface area contributed by atoms with Crippen LogP contribution in [0.15, 0.2) is 24.3 Å². The largest absolute Gasteiger partial charge is 0.508 e. The van der Waals surface area contributed by atoms with Crippen molar-refractivity contribution in [2.45, 2.75) is 13.3 Å². The first kappa shape index (κ1) is 11.2. The quantitative estimate of drug-likeness (QED) is 0.738. The first-order valence-corrected chi connectivity index (χ1v) is 4.55. The fraction of sp³-hybridized carbons (Fsp3) is 0.273. The molecule has 1 aromatic carbocycles. The predicted octanol–water partition coefficient (Wildman–Crippen LogP) is 1.69. The maximum Gasteiger partial charge on any atom is 0.304 e. The highest BCUT2D eigenvalue weighted by atomic mass is 16.4. The van der Waals surface area contributed by atoms with Gasteiger partial charge >= 0.3 is 5.97 Å². The van der Waals surface area contributed by atoms with Crippen molar-refractivity contribution in [1.29, 1.82) is 0 Å². The number of ketones is 1. The number of carbonyl (C=O) groups excluding carboxylic acids is 1. The minimum absolute atomic E-state index is 0.0810. The molecule has 1 aromatic rings. The van der Waals surface area contributed by atoms with Crippen molar-refractivity contribution in [1.82, 2.24) is 0 Å². The molecule has 0 saturated carbocycles. The Morgan fingerprint density at radius 1 is 1.27 bits per heavy atom. The zero-order chi connectivity index (χ0) is 11.4. The Kier molecular flexibility index (Phi) is 3.44. The van der Waals surface area contributed by atoms with Crippen LogP contribution >= 0.6 is 0 Å². The molecule has 0 radical (unpaired) electrons. The third-order valence-electron chi connectivity index (χ3n) is 2.08. The van der Waals surface area contributed by atoms with Crippen LogP contribution in [0.5, 0.6) is 5.75 Å². The Balaban J connectivity index is 2.76. The summed E-state index contributed by atoms with van der Waals surface area (Å²) in [4.78, 5) is 22.1. The zero-order valence-corrected chi connectivity index (χ0v) is 8.30. The van der Waals surface area contributed by atoms with Crippen LogP contribution < -0.4 is 0 Å². The summed E-state index contributed by atoms with van der Waals surface area (Å²) < 4.78 is 0.